The molecule has 114 valence electrons. The minimum absolute atomic E-state index is 0.0372. The topological polar surface area (TPSA) is 113 Å². The lowest BCUT2D eigenvalue weighted by molar-refractivity contribution is -0.141. The van der Waals surface area contributed by atoms with Crippen LogP contribution in [0.5, 0.6) is 0 Å². The van der Waals surface area contributed by atoms with Gasteiger partial charge in [-0.25, -0.2) is 9.48 Å². The van der Waals surface area contributed by atoms with Crippen molar-refractivity contribution in [2.45, 2.75) is 32.4 Å². The van der Waals surface area contributed by atoms with Gasteiger partial charge in [0, 0.05) is 20.0 Å². The molecule has 1 saturated heterocycles. The van der Waals surface area contributed by atoms with E-state index in [1.165, 1.54) is 7.05 Å². The van der Waals surface area contributed by atoms with Crippen LogP contribution in [0.25, 0.3) is 0 Å². The highest BCUT2D eigenvalue weighted by Crippen LogP contribution is 2.21. The molecule has 0 radical (unpaired) electrons. The average molecular weight is 295 g/mol. The summed E-state index contributed by atoms with van der Waals surface area (Å²) < 4.78 is 1.05. The Balaban J connectivity index is 2.50. The van der Waals surface area contributed by atoms with Crippen molar-refractivity contribution < 1.29 is 19.8 Å². The molecule has 1 amide bonds. The first-order valence-corrected chi connectivity index (χ1v) is 6.50. The fourth-order valence-electron chi connectivity index (χ4n) is 2.52. The second kappa shape index (κ2) is 5.28. The number of carbonyl (C=O) groups is 2. The maximum atomic E-state index is 12.6. The van der Waals surface area contributed by atoms with Gasteiger partial charge in [-0.15, -0.1) is 0 Å². The highest BCUT2D eigenvalue weighted by atomic mass is 16.4. The van der Waals surface area contributed by atoms with Crippen LogP contribution in [0.1, 0.15) is 28.0 Å². The van der Waals surface area contributed by atoms with Gasteiger partial charge in [0.05, 0.1) is 11.8 Å². The van der Waals surface area contributed by atoms with Crippen molar-refractivity contribution in [3.05, 3.63) is 27.2 Å². The number of amides is 1. The molecule has 0 spiro atoms. The van der Waals surface area contributed by atoms with Crippen molar-refractivity contribution in [1.29, 1.82) is 0 Å². The molecule has 0 unspecified atom stereocenters. The Bertz CT molecular complexity index is 667. The molecule has 8 nitrogen and oxygen atoms in total. The first kappa shape index (κ1) is 15.2. The second-order valence-electron chi connectivity index (χ2n) is 5.22. The van der Waals surface area contributed by atoms with Crippen LogP contribution in [0.4, 0.5) is 0 Å². The highest BCUT2D eigenvalue weighted by Gasteiger charge is 2.40. The molecule has 21 heavy (non-hydrogen) atoms. The van der Waals surface area contributed by atoms with Crippen LogP contribution >= 0.6 is 0 Å². The van der Waals surface area contributed by atoms with E-state index < -0.39 is 29.6 Å². The second-order valence-corrected chi connectivity index (χ2v) is 5.22. The van der Waals surface area contributed by atoms with Crippen LogP contribution < -0.4 is 5.56 Å². The Morgan fingerprint density at radius 2 is 1.95 bits per heavy atom. The molecule has 1 fully saturated rings. The molecule has 2 rings (SSSR count). The molecule has 1 aromatic rings. The van der Waals surface area contributed by atoms with E-state index in [1.807, 2.05) is 0 Å². The van der Waals surface area contributed by atoms with Crippen molar-refractivity contribution in [1.82, 2.24) is 14.7 Å². The predicted molar refractivity (Wildman–Crippen MR) is 72.0 cm³/mol. The minimum atomic E-state index is -1.19. The molecule has 1 aromatic heterocycles. The van der Waals surface area contributed by atoms with Crippen LogP contribution in [-0.2, 0) is 11.8 Å². The Morgan fingerprint density at radius 1 is 1.33 bits per heavy atom. The highest BCUT2D eigenvalue weighted by molar-refractivity contribution is 5.98. The summed E-state index contributed by atoms with van der Waals surface area (Å²) in [7, 11) is 1.43. The van der Waals surface area contributed by atoms with E-state index in [9.17, 15) is 19.5 Å². The van der Waals surface area contributed by atoms with Gasteiger partial charge in [-0.05, 0) is 19.4 Å². The van der Waals surface area contributed by atoms with Gasteiger partial charge in [0.25, 0.3) is 11.5 Å². The van der Waals surface area contributed by atoms with Gasteiger partial charge >= 0.3 is 5.97 Å². The van der Waals surface area contributed by atoms with E-state index in [1.54, 1.807) is 13.8 Å². The summed E-state index contributed by atoms with van der Waals surface area (Å²) in [5.41, 5.74) is 0.277. The SMILES string of the molecule is Cc1nn(C)c(=O)c(C(=O)N2C[C@@H](O)C[C@H]2C(=O)O)c1C. The van der Waals surface area contributed by atoms with Crippen molar-refractivity contribution in [2.24, 2.45) is 7.05 Å². The third-order valence-corrected chi connectivity index (χ3v) is 3.76. The summed E-state index contributed by atoms with van der Waals surface area (Å²) >= 11 is 0. The van der Waals surface area contributed by atoms with Crippen molar-refractivity contribution >= 4 is 11.9 Å². The lowest BCUT2D eigenvalue weighted by Crippen LogP contribution is -2.44. The third-order valence-electron chi connectivity index (χ3n) is 3.76. The molecule has 0 bridgehead atoms. The number of carbonyl (C=O) groups excluding carboxylic acids is 1. The summed E-state index contributed by atoms with van der Waals surface area (Å²) in [6, 6.07) is -1.12. The van der Waals surface area contributed by atoms with E-state index in [-0.39, 0.29) is 18.5 Å². The Kier molecular flexibility index (Phi) is 3.82. The minimum Gasteiger partial charge on any atom is -0.480 e. The van der Waals surface area contributed by atoms with E-state index >= 15 is 0 Å². The van der Waals surface area contributed by atoms with Gasteiger partial charge in [-0.2, -0.15) is 5.10 Å². The van der Waals surface area contributed by atoms with E-state index in [2.05, 4.69) is 5.10 Å². The standard InChI is InChI=1S/C13H17N3O5/c1-6-7(2)14-15(3)11(18)10(6)12(19)16-5-8(17)4-9(16)13(20)21/h8-9,17H,4-5H2,1-3H3,(H,20,21)/t8-,9-/m0/s1. The first-order valence-electron chi connectivity index (χ1n) is 6.50. The summed E-state index contributed by atoms with van der Waals surface area (Å²) in [6.45, 7) is 3.16. The van der Waals surface area contributed by atoms with Crippen molar-refractivity contribution in [2.75, 3.05) is 6.54 Å². The Morgan fingerprint density at radius 3 is 2.52 bits per heavy atom. The number of aromatic nitrogens is 2. The fraction of sp³-hybridized carbons (Fsp3) is 0.538. The lowest BCUT2D eigenvalue weighted by atomic mass is 10.1. The Labute approximate surface area is 120 Å². The van der Waals surface area contributed by atoms with Crippen LogP contribution in [0.3, 0.4) is 0 Å². The smallest absolute Gasteiger partial charge is 0.326 e. The van der Waals surface area contributed by atoms with Gasteiger partial charge in [0.1, 0.15) is 11.6 Å². The number of aliphatic carboxylic acids is 1. The first-order chi connectivity index (χ1) is 9.73. The number of hydrogen-bond acceptors (Lipinski definition) is 5. The summed E-state index contributed by atoms with van der Waals surface area (Å²) in [6.07, 6.45) is -0.938. The van der Waals surface area contributed by atoms with Gasteiger partial charge in [-0.1, -0.05) is 0 Å². The summed E-state index contributed by atoms with van der Waals surface area (Å²) in [4.78, 5) is 36.9. The number of likely N-dealkylation sites (tertiary alicyclic amines) is 1. The van der Waals surface area contributed by atoms with Gasteiger partial charge < -0.3 is 15.1 Å². The zero-order valence-electron chi connectivity index (χ0n) is 12.0. The van der Waals surface area contributed by atoms with Gasteiger partial charge in [0.15, 0.2) is 0 Å². The molecule has 1 aliphatic rings. The largest absolute Gasteiger partial charge is 0.480 e. The average Bonchev–Trinajstić information content (AvgIpc) is 2.79. The predicted octanol–water partition coefficient (Wildman–Crippen LogP) is -0.943. The number of carboxylic acids is 1. The number of rotatable bonds is 2. The molecular formula is C13H17N3O5. The maximum absolute atomic E-state index is 12.6. The number of nitrogens with zero attached hydrogens (tertiary/aromatic N) is 3. The van der Waals surface area contributed by atoms with Crippen LogP contribution in [0.15, 0.2) is 4.79 Å². The zero-order valence-corrected chi connectivity index (χ0v) is 12.0. The third kappa shape index (κ3) is 2.54. The van der Waals surface area contributed by atoms with Gasteiger partial charge in [0.2, 0.25) is 0 Å². The molecule has 0 aliphatic carbocycles. The molecule has 0 saturated carbocycles. The molecule has 2 atom stereocenters. The number of aliphatic hydroxyl groups is 1. The summed E-state index contributed by atoms with van der Waals surface area (Å²) in [5, 5.41) is 22.7. The number of carboxylic acid groups (broad SMARTS) is 1. The summed E-state index contributed by atoms with van der Waals surface area (Å²) in [5.74, 6) is -1.87. The van der Waals surface area contributed by atoms with Crippen molar-refractivity contribution in [3.8, 4) is 0 Å². The van der Waals surface area contributed by atoms with E-state index in [4.69, 9.17) is 5.11 Å². The normalized spacial score (nSPS) is 21.6. The van der Waals surface area contributed by atoms with Crippen molar-refractivity contribution in [3.63, 3.8) is 0 Å². The number of hydrogen-bond donors (Lipinski definition) is 2. The van der Waals surface area contributed by atoms with Crippen LogP contribution in [0.2, 0.25) is 0 Å². The zero-order chi connectivity index (χ0) is 15.9. The molecule has 1 aliphatic heterocycles. The number of aryl methyl sites for hydroxylation is 2. The maximum Gasteiger partial charge on any atom is 0.326 e. The van der Waals surface area contributed by atoms with E-state index in [0.29, 0.717) is 11.3 Å². The number of aliphatic hydroxyl groups excluding tert-OH is 1. The Hall–Kier alpha value is -2.22. The molecular weight excluding hydrogens is 278 g/mol. The van der Waals surface area contributed by atoms with Gasteiger partial charge in [-0.3, -0.25) is 9.59 Å². The fourth-order valence-corrected chi connectivity index (χ4v) is 2.52. The molecule has 0 aromatic carbocycles. The van der Waals surface area contributed by atoms with Crippen LogP contribution in [-0.4, -0.2) is 55.5 Å². The molecule has 2 heterocycles. The molecule has 8 heteroatoms. The monoisotopic (exact) mass is 295 g/mol. The van der Waals surface area contributed by atoms with E-state index in [0.717, 1.165) is 9.58 Å². The molecule has 2 N–H and O–H groups in total. The lowest BCUT2D eigenvalue weighted by Gasteiger charge is -2.22. The number of β-amino-alcohol motifs (C(OH)–C–C–N with tert-alkyl or cyclic N) is 1. The van der Waals surface area contributed by atoms with Crippen LogP contribution in [0, 0.1) is 13.8 Å². The quantitative estimate of drug-likeness (QED) is 0.728.